The summed E-state index contributed by atoms with van der Waals surface area (Å²) in [6.07, 6.45) is -6.34. The van der Waals surface area contributed by atoms with Gasteiger partial charge in [0.05, 0.1) is 4.88 Å². The Kier molecular flexibility index (Phi) is 5.32. The fourth-order valence-electron chi connectivity index (χ4n) is 1.61. The molecule has 0 aliphatic heterocycles. The molecule has 0 fully saturated rings. The second-order valence-electron chi connectivity index (χ2n) is 4.40. The van der Waals surface area contributed by atoms with Gasteiger partial charge in [-0.05, 0) is 31.2 Å². The third kappa shape index (κ3) is 5.84. The van der Waals surface area contributed by atoms with Crippen molar-refractivity contribution in [3.63, 3.8) is 0 Å². The minimum absolute atomic E-state index is 0.0864. The van der Waals surface area contributed by atoms with Crippen LogP contribution in [-0.2, 0) is 0 Å². The van der Waals surface area contributed by atoms with Crippen LogP contribution in [0.5, 0.6) is 11.6 Å². The number of benzene rings is 1. The number of thiazole rings is 1. The molecule has 0 saturated heterocycles. The lowest BCUT2D eigenvalue weighted by Crippen LogP contribution is -2.19. The molecule has 0 aliphatic rings. The number of anilines is 2. The maximum Gasteiger partial charge on any atom is 0.573 e. The highest BCUT2D eigenvalue weighted by Gasteiger charge is 2.30. The Morgan fingerprint density at radius 3 is 2.40 bits per heavy atom. The average Bonchev–Trinajstić information content (AvgIpc) is 2.78. The van der Waals surface area contributed by atoms with Gasteiger partial charge in [-0.3, -0.25) is 5.32 Å². The fourth-order valence-corrected chi connectivity index (χ4v) is 2.35. The van der Waals surface area contributed by atoms with Gasteiger partial charge in [-0.2, -0.15) is 4.98 Å². The Labute approximate surface area is 142 Å². The Morgan fingerprint density at radius 2 is 1.84 bits per heavy atom. The number of carbonyl (C=O) groups excluding carboxylic acids is 1. The van der Waals surface area contributed by atoms with Gasteiger partial charge in [0, 0.05) is 5.69 Å². The zero-order valence-electron chi connectivity index (χ0n) is 12.4. The van der Waals surface area contributed by atoms with Gasteiger partial charge >= 0.3 is 18.5 Å². The maximum absolute atomic E-state index is 12.1. The number of carboxylic acid groups (broad SMARTS) is 1. The van der Waals surface area contributed by atoms with E-state index in [1.54, 1.807) is 6.92 Å². The molecule has 0 atom stereocenters. The number of nitrogens with one attached hydrogen (secondary N) is 2. The summed E-state index contributed by atoms with van der Waals surface area (Å²) in [4.78, 5) is 26.5. The first-order valence-electron chi connectivity index (χ1n) is 6.44. The smallest absolute Gasteiger partial charge is 0.449 e. The predicted molar refractivity (Wildman–Crippen MR) is 81.3 cm³/mol. The van der Waals surface area contributed by atoms with E-state index in [-0.39, 0.29) is 16.7 Å². The van der Waals surface area contributed by atoms with Crippen LogP contribution in [0, 0.1) is 6.92 Å². The molecule has 0 spiro atoms. The van der Waals surface area contributed by atoms with Crippen LogP contribution in [0.15, 0.2) is 24.3 Å². The minimum Gasteiger partial charge on any atom is -0.449 e. The SMILES string of the molecule is Cc1sc(NC(=O)Nc2ccc(OC(F)(F)F)cc2)nc1OC(=O)O. The van der Waals surface area contributed by atoms with Crippen LogP contribution in [0.1, 0.15) is 4.88 Å². The van der Waals surface area contributed by atoms with Gasteiger partial charge in [0.15, 0.2) is 5.13 Å². The molecule has 134 valence electrons. The van der Waals surface area contributed by atoms with Crippen LogP contribution < -0.4 is 20.1 Å². The molecule has 12 heteroatoms. The van der Waals surface area contributed by atoms with E-state index in [9.17, 15) is 22.8 Å². The van der Waals surface area contributed by atoms with Crippen LogP contribution in [-0.4, -0.2) is 28.6 Å². The normalized spacial score (nSPS) is 10.9. The predicted octanol–water partition coefficient (Wildman–Crippen LogP) is 4.05. The van der Waals surface area contributed by atoms with Crippen molar-refractivity contribution < 1.29 is 37.3 Å². The Balaban J connectivity index is 1.95. The summed E-state index contributed by atoms with van der Waals surface area (Å²) in [5.41, 5.74) is 0.210. The van der Waals surface area contributed by atoms with Gasteiger partial charge in [-0.1, -0.05) is 11.3 Å². The average molecular weight is 377 g/mol. The molecule has 0 saturated carbocycles. The Bertz CT molecular complexity index is 776. The van der Waals surface area contributed by atoms with E-state index in [1.807, 2.05) is 0 Å². The lowest BCUT2D eigenvalue weighted by Gasteiger charge is -2.10. The summed E-state index contributed by atoms with van der Waals surface area (Å²) in [6.45, 7) is 1.55. The van der Waals surface area contributed by atoms with E-state index < -0.39 is 24.3 Å². The number of amides is 2. The molecule has 0 bridgehead atoms. The molecule has 0 radical (unpaired) electrons. The van der Waals surface area contributed by atoms with Crippen LogP contribution in [0.4, 0.5) is 33.6 Å². The Hall–Kier alpha value is -3.02. The van der Waals surface area contributed by atoms with Gasteiger partial charge in [-0.25, -0.2) is 9.59 Å². The first kappa shape index (κ1) is 18.3. The summed E-state index contributed by atoms with van der Waals surface area (Å²) in [7, 11) is 0. The first-order valence-corrected chi connectivity index (χ1v) is 7.26. The standard InChI is InChI=1S/C13H10F3N3O5S/c1-6-9(23-12(21)22)18-11(25-6)19-10(20)17-7-2-4-8(5-3-7)24-13(14,15)16/h2-5H,1H3,(H,21,22)(H2,17,18,19,20). The second kappa shape index (κ2) is 7.25. The number of urea groups is 1. The zero-order chi connectivity index (χ0) is 18.6. The highest BCUT2D eigenvalue weighted by Crippen LogP contribution is 2.28. The number of ether oxygens (including phenoxy) is 2. The third-order valence-corrected chi connectivity index (χ3v) is 3.37. The van der Waals surface area contributed by atoms with Crippen molar-refractivity contribution >= 4 is 34.3 Å². The minimum atomic E-state index is -4.80. The van der Waals surface area contributed by atoms with Gasteiger partial charge in [0.2, 0.25) is 5.88 Å². The van der Waals surface area contributed by atoms with Crippen molar-refractivity contribution in [3.8, 4) is 11.6 Å². The molecule has 8 nitrogen and oxygen atoms in total. The van der Waals surface area contributed by atoms with E-state index in [1.165, 1.54) is 12.1 Å². The fraction of sp³-hybridized carbons (Fsp3) is 0.154. The molecule has 2 aromatic rings. The van der Waals surface area contributed by atoms with Gasteiger partial charge in [0.1, 0.15) is 5.75 Å². The quantitative estimate of drug-likeness (QED) is 0.694. The summed E-state index contributed by atoms with van der Waals surface area (Å²) < 4.78 is 44.3. The van der Waals surface area contributed by atoms with Crippen molar-refractivity contribution in [2.45, 2.75) is 13.3 Å². The number of aryl methyl sites for hydroxylation is 1. The monoisotopic (exact) mass is 377 g/mol. The lowest BCUT2D eigenvalue weighted by molar-refractivity contribution is -0.274. The summed E-state index contributed by atoms with van der Waals surface area (Å²) in [6, 6.07) is 3.78. The van der Waals surface area contributed by atoms with Crippen molar-refractivity contribution in [1.29, 1.82) is 0 Å². The molecule has 0 unspecified atom stereocenters. The van der Waals surface area contributed by atoms with E-state index >= 15 is 0 Å². The molecular formula is C13H10F3N3O5S. The van der Waals surface area contributed by atoms with Crippen molar-refractivity contribution in [2.75, 3.05) is 10.6 Å². The molecule has 1 aromatic carbocycles. The van der Waals surface area contributed by atoms with Crippen molar-refractivity contribution in [2.24, 2.45) is 0 Å². The van der Waals surface area contributed by atoms with Crippen LogP contribution in [0.2, 0.25) is 0 Å². The van der Waals surface area contributed by atoms with Crippen molar-refractivity contribution in [3.05, 3.63) is 29.1 Å². The van der Waals surface area contributed by atoms with Crippen LogP contribution in [0.25, 0.3) is 0 Å². The number of carbonyl (C=O) groups is 2. The Morgan fingerprint density at radius 1 is 1.20 bits per heavy atom. The second-order valence-corrected chi connectivity index (χ2v) is 5.60. The molecule has 2 rings (SSSR count). The molecule has 2 amide bonds. The van der Waals surface area contributed by atoms with Gasteiger partial charge in [-0.15, -0.1) is 13.2 Å². The first-order chi connectivity index (χ1) is 11.6. The third-order valence-electron chi connectivity index (χ3n) is 2.50. The number of hydrogen-bond donors (Lipinski definition) is 3. The number of hydrogen-bond acceptors (Lipinski definition) is 6. The topological polar surface area (TPSA) is 110 Å². The number of alkyl halides is 3. The molecule has 3 N–H and O–H groups in total. The molecular weight excluding hydrogens is 367 g/mol. The maximum atomic E-state index is 12.1. The van der Waals surface area contributed by atoms with E-state index in [4.69, 9.17) is 5.11 Å². The molecule has 25 heavy (non-hydrogen) atoms. The summed E-state index contributed by atoms with van der Waals surface area (Å²) in [5, 5.41) is 13.3. The van der Waals surface area contributed by atoms with Crippen molar-refractivity contribution in [1.82, 2.24) is 4.98 Å². The number of nitrogens with zero attached hydrogens (tertiary/aromatic N) is 1. The van der Waals surface area contributed by atoms with Crippen LogP contribution in [0.3, 0.4) is 0 Å². The van der Waals surface area contributed by atoms with E-state index in [0.717, 1.165) is 23.5 Å². The molecule has 1 aromatic heterocycles. The van der Waals surface area contributed by atoms with Gasteiger partial charge in [0.25, 0.3) is 0 Å². The molecule has 0 aliphatic carbocycles. The van der Waals surface area contributed by atoms with Crippen LogP contribution >= 0.6 is 11.3 Å². The lowest BCUT2D eigenvalue weighted by atomic mass is 10.3. The number of aromatic nitrogens is 1. The molecule has 1 heterocycles. The zero-order valence-corrected chi connectivity index (χ0v) is 13.2. The van der Waals surface area contributed by atoms with Gasteiger partial charge < -0.3 is 19.9 Å². The number of halogens is 3. The summed E-state index contributed by atoms with van der Waals surface area (Å²) in [5.74, 6) is -0.578. The number of rotatable bonds is 4. The van der Waals surface area contributed by atoms with E-state index in [0.29, 0.717) is 4.88 Å². The highest BCUT2D eigenvalue weighted by atomic mass is 32.1. The van der Waals surface area contributed by atoms with E-state index in [2.05, 4.69) is 25.1 Å². The highest BCUT2D eigenvalue weighted by molar-refractivity contribution is 7.16. The largest absolute Gasteiger partial charge is 0.573 e. The summed E-state index contributed by atoms with van der Waals surface area (Å²) >= 11 is 0.988.